The molecule has 3 rings (SSSR count). The molecule has 142 valence electrons. The summed E-state index contributed by atoms with van der Waals surface area (Å²) >= 11 is 0. The SMILES string of the molecule is CN1C(=O)N(CC(=O)C2CCNCC2)C(=O)C(C)(C2=CCCCC2)C1=O. The van der Waals surface area contributed by atoms with E-state index >= 15 is 0 Å². The molecule has 3 aliphatic rings. The number of hydrogen-bond donors (Lipinski definition) is 1. The third-order valence-corrected chi connectivity index (χ3v) is 5.96. The highest BCUT2D eigenvalue weighted by atomic mass is 16.2. The number of hydrogen-bond acceptors (Lipinski definition) is 5. The van der Waals surface area contributed by atoms with Crippen LogP contribution in [0.5, 0.6) is 0 Å². The number of nitrogens with one attached hydrogen (secondary N) is 1. The maximum absolute atomic E-state index is 13.2. The number of carbonyl (C=O) groups excluding carboxylic acids is 4. The molecule has 26 heavy (non-hydrogen) atoms. The molecule has 2 fully saturated rings. The van der Waals surface area contributed by atoms with Crippen molar-refractivity contribution >= 4 is 23.6 Å². The standard InChI is InChI=1S/C19H27N3O4/c1-19(14-6-4-3-5-7-14)16(24)21(2)18(26)22(17(19)25)12-15(23)13-8-10-20-11-9-13/h6,13,20H,3-5,7-12H2,1-2H3. The van der Waals surface area contributed by atoms with E-state index in [2.05, 4.69) is 5.32 Å². The van der Waals surface area contributed by atoms with Crippen molar-refractivity contribution in [1.82, 2.24) is 15.1 Å². The zero-order chi connectivity index (χ0) is 18.9. The number of barbiturate groups is 1. The second kappa shape index (κ2) is 7.31. The first-order valence-electron chi connectivity index (χ1n) is 9.44. The Bertz CT molecular complexity index is 666. The first-order chi connectivity index (χ1) is 12.4. The van der Waals surface area contributed by atoms with Crippen LogP contribution < -0.4 is 5.32 Å². The van der Waals surface area contributed by atoms with E-state index in [1.54, 1.807) is 6.92 Å². The van der Waals surface area contributed by atoms with E-state index in [-0.39, 0.29) is 18.2 Å². The second-order valence-electron chi connectivity index (χ2n) is 7.63. The highest BCUT2D eigenvalue weighted by Crippen LogP contribution is 2.40. The van der Waals surface area contributed by atoms with Crippen LogP contribution in [0.2, 0.25) is 0 Å². The number of piperidine rings is 1. The van der Waals surface area contributed by atoms with Crippen LogP contribution in [0.1, 0.15) is 45.4 Å². The molecule has 2 aliphatic heterocycles. The number of nitrogens with zero attached hydrogens (tertiary/aromatic N) is 2. The summed E-state index contributed by atoms with van der Waals surface area (Å²) in [4.78, 5) is 53.2. The van der Waals surface area contributed by atoms with Gasteiger partial charge in [0.2, 0.25) is 5.91 Å². The summed E-state index contributed by atoms with van der Waals surface area (Å²) in [5.41, 5.74) is -0.602. The molecule has 0 radical (unpaired) electrons. The Labute approximate surface area is 153 Å². The lowest BCUT2D eigenvalue weighted by molar-refractivity contribution is -0.155. The summed E-state index contributed by atoms with van der Waals surface area (Å²) in [6, 6.07) is -0.698. The topological polar surface area (TPSA) is 86.8 Å². The monoisotopic (exact) mass is 361 g/mol. The van der Waals surface area contributed by atoms with Crippen LogP contribution in [0.15, 0.2) is 11.6 Å². The third-order valence-electron chi connectivity index (χ3n) is 5.96. The quantitative estimate of drug-likeness (QED) is 0.605. The molecule has 0 aromatic heterocycles. The molecule has 0 bridgehead atoms. The zero-order valence-corrected chi connectivity index (χ0v) is 15.5. The average Bonchev–Trinajstić information content (AvgIpc) is 2.69. The van der Waals surface area contributed by atoms with Gasteiger partial charge in [0, 0.05) is 13.0 Å². The Morgan fingerprint density at radius 1 is 1.19 bits per heavy atom. The summed E-state index contributed by atoms with van der Waals surface area (Å²) < 4.78 is 0. The fourth-order valence-corrected chi connectivity index (χ4v) is 4.19. The maximum atomic E-state index is 13.2. The van der Waals surface area contributed by atoms with Crippen molar-refractivity contribution in [2.75, 3.05) is 26.7 Å². The first-order valence-corrected chi connectivity index (χ1v) is 9.44. The molecule has 1 atom stereocenters. The Hall–Kier alpha value is -2.02. The molecule has 1 aliphatic carbocycles. The van der Waals surface area contributed by atoms with E-state index in [0.717, 1.165) is 47.7 Å². The minimum Gasteiger partial charge on any atom is -0.317 e. The van der Waals surface area contributed by atoms with Gasteiger partial charge in [0.1, 0.15) is 5.41 Å². The predicted molar refractivity (Wildman–Crippen MR) is 95.1 cm³/mol. The van der Waals surface area contributed by atoms with E-state index in [4.69, 9.17) is 0 Å². The van der Waals surface area contributed by atoms with Crippen molar-refractivity contribution in [2.45, 2.75) is 45.4 Å². The van der Waals surface area contributed by atoms with Gasteiger partial charge in [-0.1, -0.05) is 6.08 Å². The van der Waals surface area contributed by atoms with E-state index < -0.39 is 23.3 Å². The molecule has 0 aromatic carbocycles. The number of urea groups is 1. The zero-order valence-electron chi connectivity index (χ0n) is 15.5. The normalized spacial score (nSPS) is 28.4. The smallest absolute Gasteiger partial charge is 0.317 e. The number of Topliss-reactive ketones (excluding diaryl/α,β-unsaturated/α-hetero) is 1. The summed E-state index contributed by atoms with van der Waals surface area (Å²) in [6.45, 7) is 2.88. The van der Waals surface area contributed by atoms with E-state index in [0.29, 0.717) is 19.3 Å². The predicted octanol–water partition coefficient (Wildman–Crippen LogP) is 1.48. The molecular formula is C19H27N3O4. The molecule has 2 heterocycles. The van der Waals surface area contributed by atoms with E-state index in [1.165, 1.54) is 7.05 Å². The number of allylic oxidation sites excluding steroid dienone is 1. The Morgan fingerprint density at radius 3 is 2.50 bits per heavy atom. The van der Waals surface area contributed by atoms with Gasteiger partial charge >= 0.3 is 6.03 Å². The molecule has 1 N–H and O–H groups in total. The lowest BCUT2D eigenvalue weighted by Crippen LogP contribution is -2.64. The number of imide groups is 2. The minimum absolute atomic E-state index is 0.101. The van der Waals surface area contributed by atoms with Gasteiger partial charge in [0.05, 0.1) is 6.54 Å². The van der Waals surface area contributed by atoms with Crippen LogP contribution in [0.25, 0.3) is 0 Å². The van der Waals surface area contributed by atoms with Crippen molar-refractivity contribution in [3.63, 3.8) is 0 Å². The molecule has 1 unspecified atom stereocenters. The van der Waals surface area contributed by atoms with Gasteiger partial charge in [-0.2, -0.15) is 0 Å². The minimum atomic E-state index is -1.38. The van der Waals surface area contributed by atoms with Crippen molar-refractivity contribution in [3.8, 4) is 0 Å². The Morgan fingerprint density at radius 2 is 1.88 bits per heavy atom. The van der Waals surface area contributed by atoms with Crippen LogP contribution in [0, 0.1) is 11.3 Å². The number of ketones is 1. The van der Waals surface area contributed by atoms with Gasteiger partial charge in [-0.15, -0.1) is 0 Å². The summed E-state index contributed by atoms with van der Waals surface area (Å²) in [7, 11) is 1.39. The molecule has 4 amide bonds. The molecule has 0 spiro atoms. The van der Waals surface area contributed by atoms with E-state index in [9.17, 15) is 19.2 Å². The second-order valence-corrected chi connectivity index (χ2v) is 7.63. The molecule has 7 nitrogen and oxygen atoms in total. The van der Waals surface area contributed by atoms with Crippen molar-refractivity contribution in [2.24, 2.45) is 11.3 Å². The van der Waals surface area contributed by atoms with Crippen LogP contribution >= 0.6 is 0 Å². The summed E-state index contributed by atoms with van der Waals surface area (Å²) in [5.74, 6) is -1.29. The molecule has 7 heteroatoms. The average molecular weight is 361 g/mol. The molecular weight excluding hydrogens is 334 g/mol. The Kier molecular flexibility index (Phi) is 5.27. The molecule has 0 saturated carbocycles. The van der Waals surface area contributed by atoms with Crippen molar-refractivity contribution < 1.29 is 19.2 Å². The van der Waals surface area contributed by atoms with Crippen molar-refractivity contribution in [1.29, 1.82) is 0 Å². The lowest BCUT2D eigenvalue weighted by atomic mass is 9.73. The van der Waals surface area contributed by atoms with Gasteiger partial charge in [-0.3, -0.25) is 24.2 Å². The van der Waals surface area contributed by atoms with E-state index in [1.807, 2.05) is 6.08 Å². The summed E-state index contributed by atoms with van der Waals surface area (Å²) in [5, 5.41) is 3.20. The van der Waals surface area contributed by atoms with Crippen LogP contribution in [-0.4, -0.2) is 60.1 Å². The van der Waals surface area contributed by atoms with Gasteiger partial charge < -0.3 is 5.32 Å². The lowest BCUT2D eigenvalue weighted by Gasteiger charge is -2.43. The number of carbonyl (C=O) groups is 4. The highest BCUT2D eigenvalue weighted by molar-refractivity contribution is 6.21. The fourth-order valence-electron chi connectivity index (χ4n) is 4.19. The van der Waals surface area contributed by atoms with Gasteiger partial charge in [-0.05, 0) is 64.1 Å². The van der Waals surface area contributed by atoms with Gasteiger partial charge in [-0.25, -0.2) is 4.79 Å². The van der Waals surface area contributed by atoms with Crippen LogP contribution in [0.3, 0.4) is 0 Å². The largest absolute Gasteiger partial charge is 0.333 e. The Balaban J connectivity index is 1.86. The highest BCUT2D eigenvalue weighted by Gasteiger charge is 2.55. The van der Waals surface area contributed by atoms with Crippen molar-refractivity contribution in [3.05, 3.63) is 11.6 Å². The fraction of sp³-hybridized carbons (Fsp3) is 0.684. The van der Waals surface area contributed by atoms with Gasteiger partial charge in [0.15, 0.2) is 5.78 Å². The third kappa shape index (κ3) is 3.09. The number of rotatable bonds is 4. The van der Waals surface area contributed by atoms with Crippen LogP contribution in [-0.2, 0) is 14.4 Å². The van der Waals surface area contributed by atoms with Crippen LogP contribution in [0.4, 0.5) is 4.79 Å². The molecule has 2 saturated heterocycles. The number of amides is 4. The van der Waals surface area contributed by atoms with Gasteiger partial charge in [0.25, 0.3) is 5.91 Å². The summed E-state index contributed by atoms with van der Waals surface area (Å²) in [6.07, 6.45) is 6.85. The molecule has 0 aromatic rings. The first kappa shape index (κ1) is 18.8. The maximum Gasteiger partial charge on any atom is 0.333 e.